The summed E-state index contributed by atoms with van der Waals surface area (Å²) in [6, 6.07) is 9.17. The molecule has 1 N–H and O–H groups in total. The van der Waals surface area contributed by atoms with Gasteiger partial charge < -0.3 is 10.2 Å². The van der Waals surface area contributed by atoms with Gasteiger partial charge in [-0.25, -0.2) is 17.2 Å². The highest BCUT2D eigenvalue weighted by molar-refractivity contribution is 7.92. The summed E-state index contributed by atoms with van der Waals surface area (Å²) >= 11 is 0. The van der Waals surface area contributed by atoms with Gasteiger partial charge in [-0.1, -0.05) is 18.2 Å². The topological polar surface area (TPSA) is 86.8 Å². The van der Waals surface area contributed by atoms with E-state index in [9.17, 15) is 26.8 Å². The van der Waals surface area contributed by atoms with E-state index < -0.39 is 46.1 Å². The molecule has 0 aliphatic rings. The van der Waals surface area contributed by atoms with Crippen LogP contribution in [0.3, 0.4) is 0 Å². The van der Waals surface area contributed by atoms with Crippen molar-refractivity contribution in [2.24, 2.45) is 0 Å². The van der Waals surface area contributed by atoms with Gasteiger partial charge in [-0.05, 0) is 56.7 Å². The van der Waals surface area contributed by atoms with Crippen LogP contribution >= 0.6 is 0 Å². The van der Waals surface area contributed by atoms with Crippen molar-refractivity contribution in [1.29, 1.82) is 0 Å². The predicted octanol–water partition coefficient (Wildman–Crippen LogP) is 2.67. The zero-order valence-electron chi connectivity index (χ0n) is 18.4. The van der Waals surface area contributed by atoms with Crippen molar-refractivity contribution in [3.05, 3.63) is 65.7 Å². The van der Waals surface area contributed by atoms with Gasteiger partial charge in [0.05, 0.1) is 11.9 Å². The highest BCUT2D eigenvalue weighted by Crippen LogP contribution is 2.20. The minimum Gasteiger partial charge on any atom is -0.352 e. The van der Waals surface area contributed by atoms with E-state index in [1.54, 1.807) is 13.8 Å². The summed E-state index contributed by atoms with van der Waals surface area (Å²) in [4.78, 5) is 27.0. The van der Waals surface area contributed by atoms with Crippen LogP contribution in [0, 0.1) is 11.6 Å². The Kier molecular flexibility index (Phi) is 8.31. The Labute approximate surface area is 187 Å². The van der Waals surface area contributed by atoms with Crippen LogP contribution in [0.5, 0.6) is 0 Å². The third kappa shape index (κ3) is 7.01. The van der Waals surface area contributed by atoms with Crippen LogP contribution in [-0.2, 0) is 26.2 Å². The molecule has 2 aromatic rings. The highest BCUT2D eigenvalue weighted by Gasteiger charge is 2.30. The molecule has 174 valence electrons. The highest BCUT2D eigenvalue weighted by atomic mass is 32.2. The van der Waals surface area contributed by atoms with Gasteiger partial charge in [-0.3, -0.25) is 13.9 Å². The first kappa shape index (κ1) is 25.3. The van der Waals surface area contributed by atoms with Gasteiger partial charge in [-0.2, -0.15) is 0 Å². The van der Waals surface area contributed by atoms with Crippen molar-refractivity contribution in [3.8, 4) is 0 Å². The van der Waals surface area contributed by atoms with Crippen LogP contribution in [-0.4, -0.2) is 50.0 Å². The Morgan fingerprint density at radius 2 is 1.62 bits per heavy atom. The Hall–Kier alpha value is -3.01. The van der Waals surface area contributed by atoms with Gasteiger partial charge in [0.1, 0.15) is 24.2 Å². The first-order valence-electron chi connectivity index (χ1n) is 9.96. The van der Waals surface area contributed by atoms with Crippen LogP contribution in [0.4, 0.5) is 14.5 Å². The van der Waals surface area contributed by atoms with Crippen molar-refractivity contribution >= 4 is 27.5 Å². The second kappa shape index (κ2) is 10.5. The van der Waals surface area contributed by atoms with E-state index in [1.165, 1.54) is 48.2 Å². The molecule has 0 fully saturated rings. The number of nitrogens with one attached hydrogen (secondary N) is 1. The molecule has 7 nitrogen and oxygen atoms in total. The monoisotopic (exact) mass is 467 g/mol. The minimum absolute atomic E-state index is 0.0122. The first-order valence-corrected chi connectivity index (χ1v) is 11.8. The number of sulfonamides is 1. The molecule has 0 radical (unpaired) electrons. The Balaban J connectivity index is 2.38. The molecule has 0 saturated carbocycles. The third-order valence-corrected chi connectivity index (χ3v) is 5.78. The molecular weight excluding hydrogens is 440 g/mol. The second-order valence-electron chi connectivity index (χ2n) is 7.74. The summed E-state index contributed by atoms with van der Waals surface area (Å²) in [5, 5.41) is 2.72. The van der Waals surface area contributed by atoms with E-state index in [1.807, 2.05) is 0 Å². The second-order valence-corrected chi connectivity index (χ2v) is 9.64. The van der Waals surface area contributed by atoms with Crippen LogP contribution in [0.25, 0.3) is 0 Å². The van der Waals surface area contributed by atoms with Crippen molar-refractivity contribution < 1.29 is 26.8 Å². The lowest BCUT2D eigenvalue weighted by molar-refractivity contribution is -0.139. The molecule has 0 aliphatic carbocycles. The maximum absolute atomic E-state index is 13.7. The largest absolute Gasteiger partial charge is 0.352 e. The van der Waals surface area contributed by atoms with Crippen LogP contribution in [0.2, 0.25) is 0 Å². The summed E-state index contributed by atoms with van der Waals surface area (Å²) in [6.07, 6.45) is 0.907. The van der Waals surface area contributed by atoms with Crippen molar-refractivity contribution in [1.82, 2.24) is 10.2 Å². The van der Waals surface area contributed by atoms with E-state index >= 15 is 0 Å². The van der Waals surface area contributed by atoms with Crippen molar-refractivity contribution in [2.45, 2.75) is 39.4 Å². The van der Waals surface area contributed by atoms with Gasteiger partial charge in [-0.15, -0.1) is 0 Å². The number of rotatable bonds is 9. The first-order chi connectivity index (χ1) is 14.9. The van der Waals surface area contributed by atoms with Crippen LogP contribution < -0.4 is 9.62 Å². The minimum atomic E-state index is -3.94. The summed E-state index contributed by atoms with van der Waals surface area (Å²) in [6.45, 7) is 4.37. The molecule has 1 atom stereocenters. The van der Waals surface area contributed by atoms with E-state index in [4.69, 9.17) is 0 Å². The van der Waals surface area contributed by atoms with E-state index in [2.05, 4.69) is 5.32 Å². The lowest BCUT2D eigenvalue weighted by Crippen LogP contribution is -2.52. The van der Waals surface area contributed by atoms with Gasteiger partial charge in [0.25, 0.3) is 0 Å². The fourth-order valence-corrected chi connectivity index (χ4v) is 3.86. The number of anilines is 1. The number of benzene rings is 2. The maximum atomic E-state index is 13.7. The normalized spacial score (nSPS) is 12.3. The third-order valence-electron chi connectivity index (χ3n) is 4.64. The fraction of sp³-hybridized carbons (Fsp3) is 0.364. The molecule has 2 rings (SSSR count). The zero-order chi connectivity index (χ0) is 24.1. The van der Waals surface area contributed by atoms with Crippen molar-refractivity contribution in [3.63, 3.8) is 0 Å². The number of nitrogens with zero attached hydrogens (tertiary/aromatic N) is 2. The standard InChI is InChI=1S/C22H27F2N3O4S/c1-15(2)25-22(29)16(3)26(13-17-8-10-18(23)11-9-17)21(28)14-27(32(4,30)31)20-7-5-6-19(24)12-20/h5-12,15-16H,13-14H2,1-4H3,(H,25,29)/t16-/m1/s1. The average molecular weight is 468 g/mol. The number of amides is 2. The summed E-state index contributed by atoms with van der Waals surface area (Å²) in [5.74, 6) is -2.20. The lowest BCUT2D eigenvalue weighted by atomic mass is 10.1. The Bertz CT molecular complexity index is 1060. The molecule has 0 aliphatic heterocycles. The SMILES string of the molecule is CC(C)NC(=O)[C@@H](C)N(Cc1ccc(F)cc1)C(=O)CN(c1cccc(F)c1)S(C)(=O)=O. The van der Waals surface area contributed by atoms with Crippen molar-refractivity contribution in [2.75, 3.05) is 17.1 Å². The molecule has 10 heteroatoms. The Morgan fingerprint density at radius 3 is 2.16 bits per heavy atom. The lowest BCUT2D eigenvalue weighted by Gasteiger charge is -2.31. The number of carbonyl (C=O) groups excluding carboxylic acids is 2. The van der Waals surface area contributed by atoms with Gasteiger partial charge >= 0.3 is 0 Å². The molecule has 0 heterocycles. The molecule has 0 aromatic heterocycles. The van der Waals surface area contributed by atoms with E-state index in [-0.39, 0.29) is 18.3 Å². The number of halogens is 2. The predicted molar refractivity (Wildman–Crippen MR) is 118 cm³/mol. The smallest absolute Gasteiger partial charge is 0.244 e. The summed E-state index contributed by atoms with van der Waals surface area (Å²) in [5.41, 5.74) is 0.544. The van der Waals surface area contributed by atoms with Gasteiger partial charge in [0.15, 0.2) is 0 Å². The van der Waals surface area contributed by atoms with Gasteiger partial charge in [0, 0.05) is 12.6 Å². The number of hydrogen-bond acceptors (Lipinski definition) is 4. The molecule has 0 saturated heterocycles. The zero-order valence-corrected chi connectivity index (χ0v) is 19.2. The summed E-state index contributed by atoms with van der Waals surface area (Å²) < 4.78 is 52.5. The number of carbonyl (C=O) groups is 2. The average Bonchev–Trinajstić information content (AvgIpc) is 2.69. The molecule has 2 amide bonds. The van der Waals surface area contributed by atoms with E-state index in [0.717, 1.165) is 22.7 Å². The molecule has 0 spiro atoms. The Morgan fingerprint density at radius 1 is 1.00 bits per heavy atom. The van der Waals surface area contributed by atoms with E-state index in [0.29, 0.717) is 5.56 Å². The molecule has 32 heavy (non-hydrogen) atoms. The molecule has 2 aromatic carbocycles. The van der Waals surface area contributed by atoms with Gasteiger partial charge in [0.2, 0.25) is 21.8 Å². The fourth-order valence-electron chi connectivity index (χ4n) is 3.02. The maximum Gasteiger partial charge on any atom is 0.244 e. The van der Waals surface area contributed by atoms with Crippen LogP contribution in [0.15, 0.2) is 48.5 Å². The summed E-state index contributed by atoms with van der Waals surface area (Å²) in [7, 11) is -3.94. The molecular formula is C22H27F2N3O4S. The number of hydrogen-bond donors (Lipinski definition) is 1. The molecule has 0 unspecified atom stereocenters. The molecule has 0 bridgehead atoms. The van der Waals surface area contributed by atoms with Crippen LogP contribution in [0.1, 0.15) is 26.3 Å². The quantitative estimate of drug-likeness (QED) is 0.614.